The van der Waals surface area contributed by atoms with Crippen LogP contribution in [0.2, 0.25) is 0 Å². The Balaban J connectivity index is 1.61. The number of hydrogen-bond donors (Lipinski definition) is 2. The van der Waals surface area contributed by atoms with Crippen LogP contribution >= 0.6 is 0 Å². The fourth-order valence-electron chi connectivity index (χ4n) is 3.20. The van der Waals surface area contributed by atoms with E-state index < -0.39 is 10.8 Å². The van der Waals surface area contributed by atoms with Gasteiger partial charge in [-0.1, -0.05) is 17.3 Å². The quantitative estimate of drug-likeness (QED) is 0.279. The normalized spacial score (nSPS) is 14.9. The Morgan fingerprint density at radius 3 is 2.82 bits per heavy atom. The first-order chi connectivity index (χ1) is 15.9. The Morgan fingerprint density at radius 1 is 1.33 bits per heavy atom. The third-order valence-electron chi connectivity index (χ3n) is 4.93. The van der Waals surface area contributed by atoms with Crippen molar-refractivity contribution in [3.63, 3.8) is 0 Å². The van der Waals surface area contributed by atoms with Crippen molar-refractivity contribution < 1.29 is 19.1 Å². The standard InChI is InChI=1S/C18H20N10O5/c1-11(12-3-2-4-13(9-12)28(30)31)20-22-18(29)15-14(10-26-5-7-32-8-6-26)21-25-27(15)17-16(19)23-33-24-17/h2-4,9H,5-8,10H2,1H3,(H2,19,23)(H,22,29)/b20-11+. The number of nitrogen functional groups attached to an aromatic ring is 1. The molecule has 15 nitrogen and oxygen atoms in total. The lowest BCUT2D eigenvalue weighted by Gasteiger charge is -2.25. The van der Waals surface area contributed by atoms with Gasteiger partial charge in [0.25, 0.3) is 11.6 Å². The molecule has 3 N–H and O–H groups in total. The molecule has 2 aromatic heterocycles. The number of aromatic nitrogens is 5. The first kappa shape index (κ1) is 22.0. The SMILES string of the molecule is C/C(=N\NC(=O)c1c(CN2CCOCC2)nnn1-c1nonc1N)c1cccc([N+](=O)[O-])c1. The van der Waals surface area contributed by atoms with Gasteiger partial charge in [0.1, 0.15) is 5.69 Å². The van der Waals surface area contributed by atoms with Crippen LogP contribution in [0.1, 0.15) is 28.7 Å². The molecule has 1 aliphatic rings. The number of benzene rings is 1. The Morgan fingerprint density at radius 2 is 2.12 bits per heavy atom. The van der Waals surface area contributed by atoms with Gasteiger partial charge in [0, 0.05) is 37.3 Å². The molecular weight excluding hydrogens is 436 g/mol. The molecule has 0 atom stereocenters. The fraction of sp³-hybridized carbons (Fsp3) is 0.333. The average Bonchev–Trinajstić information content (AvgIpc) is 3.43. The summed E-state index contributed by atoms with van der Waals surface area (Å²) < 4.78 is 11.1. The molecule has 1 fully saturated rings. The number of amides is 1. The van der Waals surface area contributed by atoms with Crippen LogP contribution in [0.5, 0.6) is 0 Å². The van der Waals surface area contributed by atoms with Crippen LogP contribution in [0.15, 0.2) is 34.0 Å². The van der Waals surface area contributed by atoms with Crippen LogP contribution in [0.25, 0.3) is 5.82 Å². The van der Waals surface area contributed by atoms with Gasteiger partial charge in [-0.3, -0.25) is 19.8 Å². The summed E-state index contributed by atoms with van der Waals surface area (Å²) in [7, 11) is 0. The number of nitro benzene ring substituents is 1. The number of rotatable bonds is 7. The van der Waals surface area contributed by atoms with Crippen LogP contribution in [0, 0.1) is 10.1 Å². The molecule has 15 heteroatoms. The van der Waals surface area contributed by atoms with Gasteiger partial charge in [-0.25, -0.2) is 10.1 Å². The molecule has 1 amide bonds. The van der Waals surface area contributed by atoms with E-state index in [9.17, 15) is 14.9 Å². The summed E-state index contributed by atoms with van der Waals surface area (Å²) >= 11 is 0. The Labute approximate surface area is 186 Å². The highest BCUT2D eigenvalue weighted by Gasteiger charge is 2.26. The predicted molar refractivity (Wildman–Crippen MR) is 112 cm³/mol. The third-order valence-corrected chi connectivity index (χ3v) is 4.93. The summed E-state index contributed by atoms with van der Waals surface area (Å²) in [6.45, 7) is 4.44. The second-order valence-corrected chi connectivity index (χ2v) is 7.10. The first-order valence-electron chi connectivity index (χ1n) is 9.86. The molecule has 0 unspecified atom stereocenters. The molecule has 0 aliphatic carbocycles. The summed E-state index contributed by atoms with van der Waals surface area (Å²) in [6, 6.07) is 5.92. The maximum Gasteiger partial charge on any atom is 0.292 e. The van der Waals surface area contributed by atoms with E-state index >= 15 is 0 Å². The molecule has 0 bridgehead atoms. The number of hydrogen-bond acceptors (Lipinski definition) is 12. The van der Waals surface area contributed by atoms with Gasteiger partial charge >= 0.3 is 0 Å². The number of nitrogens with zero attached hydrogens (tertiary/aromatic N) is 8. The van der Waals surface area contributed by atoms with Crippen molar-refractivity contribution in [3.05, 3.63) is 51.3 Å². The summed E-state index contributed by atoms with van der Waals surface area (Å²) in [4.78, 5) is 25.7. The maximum atomic E-state index is 13.1. The van der Waals surface area contributed by atoms with Crippen LogP contribution < -0.4 is 11.2 Å². The van der Waals surface area contributed by atoms with Crippen LogP contribution in [-0.2, 0) is 11.3 Å². The molecular formula is C18H20N10O5. The Kier molecular flexibility index (Phi) is 6.32. The number of nitrogens with one attached hydrogen (secondary N) is 1. The molecule has 0 radical (unpaired) electrons. The van der Waals surface area contributed by atoms with Crippen LogP contribution in [-0.4, -0.2) is 73.1 Å². The van der Waals surface area contributed by atoms with Crippen molar-refractivity contribution in [2.75, 3.05) is 32.0 Å². The van der Waals surface area contributed by atoms with E-state index in [1.54, 1.807) is 13.0 Å². The molecule has 0 spiro atoms. The number of non-ortho nitro benzene ring substituents is 1. The third kappa shape index (κ3) is 4.83. The summed E-state index contributed by atoms with van der Waals surface area (Å²) in [5.74, 6) is -0.682. The number of ether oxygens (including phenoxy) is 1. The highest BCUT2D eigenvalue weighted by Crippen LogP contribution is 2.18. The molecule has 0 saturated carbocycles. The average molecular weight is 456 g/mol. The van der Waals surface area contributed by atoms with E-state index in [2.05, 4.69) is 40.7 Å². The Hall–Kier alpha value is -4.24. The van der Waals surface area contributed by atoms with Crippen molar-refractivity contribution in [1.29, 1.82) is 0 Å². The minimum atomic E-state index is -0.629. The molecule has 4 rings (SSSR count). The number of nitro groups is 1. The van der Waals surface area contributed by atoms with Crippen molar-refractivity contribution in [2.45, 2.75) is 13.5 Å². The smallest absolute Gasteiger partial charge is 0.292 e. The summed E-state index contributed by atoms with van der Waals surface area (Å²) in [5.41, 5.74) is 9.41. The van der Waals surface area contributed by atoms with Crippen LogP contribution in [0.4, 0.5) is 11.5 Å². The number of anilines is 1. The highest BCUT2D eigenvalue weighted by atomic mass is 16.6. The van der Waals surface area contributed by atoms with Crippen molar-refractivity contribution in [2.24, 2.45) is 5.10 Å². The van der Waals surface area contributed by atoms with E-state index in [4.69, 9.17) is 10.5 Å². The minimum Gasteiger partial charge on any atom is -0.379 e. The molecule has 1 saturated heterocycles. The van der Waals surface area contributed by atoms with Gasteiger partial charge in [0.05, 0.1) is 23.8 Å². The summed E-state index contributed by atoms with van der Waals surface area (Å²) in [6.07, 6.45) is 0. The Bertz CT molecular complexity index is 1200. The van der Waals surface area contributed by atoms with E-state index in [0.29, 0.717) is 49.8 Å². The number of carbonyl (C=O) groups is 1. The van der Waals surface area contributed by atoms with Gasteiger partial charge in [0.2, 0.25) is 11.6 Å². The number of morpholine rings is 1. The van der Waals surface area contributed by atoms with Gasteiger partial charge in [-0.05, 0) is 17.2 Å². The predicted octanol–water partition coefficient (Wildman–Crippen LogP) is 0.127. The number of hydrazone groups is 1. The zero-order valence-corrected chi connectivity index (χ0v) is 17.5. The second-order valence-electron chi connectivity index (χ2n) is 7.10. The molecule has 1 aliphatic heterocycles. The highest BCUT2D eigenvalue weighted by molar-refractivity contribution is 6.01. The lowest BCUT2D eigenvalue weighted by molar-refractivity contribution is -0.384. The minimum absolute atomic E-state index is 0.0141. The zero-order valence-electron chi connectivity index (χ0n) is 17.5. The summed E-state index contributed by atoms with van der Waals surface area (Å²) in [5, 5.41) is 30.4. The second kappa shape index (κ2) is 9.49. The van der Waals surface area contributed by atoms with Gasteiger partial charge in [-0.2, -0.15) is 9.78 Å². The molecule has 3 heterocycles. The monoisotopic (exact) mass is 456 g/mol. The van der Waals surface area contributed by atoms with Gasteiger partial charge in [-0.15, -0.1) is 5.10 Å². The van der Waals surface area contributed by atoms with Crippen molar-refractivity contribution in [3.8, 4) is 5.82 Å². The van der Waals surface area contributed by atoms with E-state index in [0.717, 1.165) is 4.68 Å². The number of nitrogens with two attached hydrogens (primary N) is 1. The zero-order chi connectivity index (χ0) is 23.4. The molecule has 33 heavy (non-hydrogen) atoms. The van der Waals surface area contributed by atoms with Crippen LogP contribution in [0.3, 0.4) is 0 Å². The fourth-order valence-corrected chi connectivity index (χ4v) is 3.20. The maximum absolute atomic E-state index is 13.1. The molecule has 172 valence electrons. The largest absolute Gasteiger partial charge is 0.379 e. The van der Waals surface area contributed by atoms with Gasteiger partial charge in [0.15, 0.2) is 5.69 Å². The van der Waals surface area contributed by atoms with Crippen molar-refractivity contribution in [1.82, 2.24) is 35.6 Å². The topological polar surface area (TPSA) is 193 Å². The van der Waals surface area contributed by atoms with E-state index in [1.807, 2.05) is 0 Å². The lowest BCUT2D eigenvalue weighted by atomic mass is 10.1. The first-order valence-corrected chi connectivity index (χ1v) is 9.86. The number of carbonyl (C=O) groups excluding carboxylic acids is 1. The van der Waals surface area contributed by atoms with Crippen molar-refractivity contribution >= 4 is 23.1 Å². The molecule has 3 aromatic rings. The molecule has 1 aromatic carbocycles. The van der Waals surface area contributed by atoms with E-state index in [1.165, 1.54) is 18.2 Å². The lowest BCUT2D eigenvalue weighted by Crippen LogP contribution is -2.36. The van der Waals surface area contributed by atoms with E-state index in [-0.39, 0.29) is 23.0 Å². The van der Waals surface area contributed by atoms with Gasteiger partial charge < -0.3 is 10.5 Å².